The number of hydrogen-bond acceptors (Lipinski definition) is 6. The van der Waals surface area contributed by atoms with Gasteiger partial charge in [0.05, 0.1) is 17.9 Å². The number of benzene rings is 1. The standard InChI is InChI=1S/C28H41N3O3/c1-9-33-26(32)25(34-27(4,5)6)23-19(3)30-18(2)22(20-10-12-21(29)13-11-20)24(23)31-16-14-28(7,8)15-17-31/h10-13,25H,9,14-17,29H2,1-8H3/t25-/m0/s1. The van der Waals surface area contributed by atoms with Gasteiger partial charge in [0.25, 0.3) is 0 Å². The minimum Gasteiger partial charge on any atom is -0.464 e. The van der Waals surface area contributed by atoms with E-state index in [4.69, 9.17) is 20.2 Å². The normalized spacial score (nSPS) is 16.9. The number of aromatic nitrogens is 1. The van der Waals surface area contributed by atoms with Crippen molar-refractivity contribution in [3.8, 4) is 11.1 Å². The zero-order valence-electron chi connectivity index (χ0n) is 22.1. The van der Waals surface area contributed by atoms with E-state index in [-0.39, 0.29) is 11.4 Å². The van der Waals surface area contributed by atoms with Crippen molar-refractivity contribution in [3.63, 3.8) is 0 Å². The molecule has 2 aromatic rings. The molecule has 1 aliphatic rings. The Kier molecular flexibility index (Phi) is 7.61. The number of esters is 1. The molecule has 2 N–H and O–H groups in total. The molecule has 0 unspecified atom stereocenters. The van der Waals surface area contributed by atoms with Gasteiger partial charge in [-0.2, -0.15) is 0 Å². The van der Waals surface area contributed by atoms with Crippen molar-refractivity contribution in [3.05, 3.63) is 41.2 Å². The first kappa shape index (κ1) is 26.0. The van der Waals surface area contributed by atoms with E-state index in [0.717, 1.165) is 59.7 Å². The first-order valence-electron chi connectivity index (χ1n) is 12.3. The number of nitrogens with zero attached hydrogens (tertiary/aromatic N) is 2. The fraction of sp³-hybridized carbons (Fsp3) is 0.571. The number of rotatable bonds is 6. The Morgan fingerprint density at radius 3 is 2.24 bits per heavy atom. The lowest BCUT2D eigenvalue weighted by molar-refractivity contribution is -0.166. The van der Waals surface area contributed by atoms with Crippen LogP contribution in [0.1, 0.15) is 77.4 Å². The van der Waals surface area contributed by atoms with Crippen LogP contribution in [0, 0.1) is 19.3 Å². The molecule has 1 aliphatic heterocycles. The van der Waals surface area contributed by atoms with Crippen LogP contribution in [0.15, 0.2) is 24.3 Å². The number of piperidine rings is 1. The zero-order valence-corrected chi connectivity index (χ0v) is 22.1. The van der Waals surface area contributed by atoms with Gasteiger partial charge in [-0.15, -0.1) is 0 Å². The Hall–Kier alpha value is -2.60. The summed E-state index contributed by atoms with van der Waals surface area (Å²) in [5, 5.41) is 0. The fourth-order valence-corrected chi connectivity index (χ4v) is 4.61. The molecule has 0 bridgehead atoms. The summed E-state index contributed by atoms with van der Waals surface area (Å²) in [5.74, 6) is -0.381. The first-order chi connectivity index (χ1) is 15.8. The van der Waals surface area contributed by atoms with Crippen LogP contribution in [0.5, 0.6) is 0 Å². The van der Waals surface area contributed by atoms with Gasteiger partial charge in [-0.25, -0.2) is 4.79 Å². The van der Waals surface area contributed by atoms with Crippen molar-refractivity contribution in [2.75, 3.05) is 30.3 Å². The average molecular weight is 468 g/mol. The molecule has 6 heteroatoms. The number of carbonyl (C=O) groups is 1. The Labute approximate surface area is 204 Å². The molecule has 0 amide bonds. The van der Waals surface area contributed by atoms with Gasteiger partial charge in [-0.3, -0.25) is 4.98 Å². The lowest BCUT2D eigenvalue weighted by Gasteiger charge is -2.41. The molecule has 186 valence electrons. The minimum absolute atomic E-state index is 0.289. The lowest BCUT2D eigenvalue weighted by atomic mass is 9.82. The molecule has 1 aromatic heterocycles. The first-order valence-corrected chi connectivity index (χ1v) is 12.3. The van der Waals surface area contributed by atoms with Gasteiger partial charge >= 0.3 is 5.97 Å². The molecule has 0 spiro atoms. The van der Waals surface area contributed by atoms with Crippen molar-refractivity contribution in [2.24, 2.45) is 5.41 Å². The molecule has 1 saturated heterocycles. The number of ether oxygens (including phenoxy) is 2. The van der Waals surface area contributed by atoms with E-state index in [0.29, 0.717) is 12.3 Å². The van der Waals surface area contributed by atoms with Crippen LogP contribution in [0.3, 0.4) is 0 Å². The number of carbonyl (C=O) groups excluding carboxylic acids is 1. The van der Waals surface area contributed by atoms with Gasteiger partial charge in [0.2, 0.25) is 0 Å². The Bertz CT molecular complexity index is 1010. The zero-order chi connectivity index (χ0) is 25.3. The van der Waals surface area contributed by atoms with Gasteiger partial charge in [0.1, 0.15) is 0 Å². The van der Waals surface area contributed by atoms with Crippen LogP contribution in [0.4, 0.5) is 11.4 Å². The van der Waals surface area contributed by atoms with Crippen molar-refractivity contribution >= 4 is 17.3 Å². The summed E-state index contributed by atoms with van der Waals surface area (Å²) in [6.45, 7) is 18.4. The topological polar surface area (TPSA) is 77.7 Å². The summed E-state index contributed by atoms with van der Waals surface area (Å²) in [7, 11) is 0. The molecular weight excluding hydrogens is 426 g/mol. The predicted octanol–water partition coefficient (Wildman–Crippen LogP) is 5.99. The number of nitrogen functional groups attached to an aromatic ring is 1. The quantitative estimate of drug-likeness (QED) is 0.415. The highest BCUT2D eigenvalue weighted by Gasteiger charge is 2.37. The van der Waals surface area contributed by atoms with E-state index in [1.54, 1.807) is 0 Å². The van der Waals surface area contributed by atoms with E-state index in [9.17, 15) is 4.79 Å². The molecule has 1 fully saturated rings. The van der Waals surface area contributed by atoms with Crippen LogP contribution < -0.4 is 10.6 Å². The highest BCUT2D eigenvalue weighted by molar-refractivity contribution is 5.88. The van der Waals surface area contributed by atoms with E-state index in [1.165, 1.54) is 0 Å². The summed E-state index contributed by atoms with van der Waals surface area (Å²) in [6.07, 6.45) is 1.27. The van der Waals surface area contributed by atoms with Crippen LogP contribution in [0.25, 0.3) is 11.1 Å². The second kappa shape index (κ2) is 9.95. The van der Waals surface area contributed by atoms with Gasteiger partial charge in [-0.1, -0.05) is 26.0 Å². The van der Waals surface area contributed by atoms with E-state index in [2.05, 4.69) is 18.7 Å². The number of nitrogens with two attached hydrogens (primary N) is 1. The van der Waals surface area contributed by atoms with Gasteiger partial charge in [0, 0.05) is 41.3 Å². The Morgan fingerprint density at radius 1 is 1.12 bits per heavy atom. The molecule has 1 atom stereocenters. The highest BCUT2D eigenvalue weighted by Crippen LogP contribution is 2.45. The average Bonchev–Trinajstić information content (AvgIpc) is 2.72. The molecule has 3 rings (SSSR count). The summed E-state index contributed by atoms with van der Waals surface area (Å²) < 4.78 is 11.9. The molecule has 0 saturated carbocycles. The second-order valence-corrected chi connectivity index (χ2v) is 11.1. The predicted molar refractivity (Wildman–Crippen MR) is 139 cm³/mol. The largest absolute Gasteiger partial charge is 0.464 e. The Morgan fingerprint density at radius 2 is 1.71 bits per heavy atom. The second-order valence-electron chi connectivity index (χ2n) is 11.1. The van der Waals surface area contributed by atoms with Crippen LogP contribution >= 0.6 is 0 Å². The number of hydrogen-bond donors (Lipinski definition) is 1. The maximum Gasteiger partial charge on any atom is 0.340 e. The molecule has 2 heterocycles. The number of anilines is 2. The van der Waals surface area contributed by atoms with Crippen molar-refractivity contribution in [1.29, 1.82) is 0 Å². The third kappa shape index (κ3) is 5.90. The molecule has 0 aliphatic carbocycles. The van der Waals surface area contributed by atoms with Gasteiger partial charge < -0.3 is 20.1 Å². The van der Waals surface area contributed by atoms with E-state index in [1.807, 2.05) is 65.8 Å². The smallest absolute Gasteiger partial charge is 0.340 e. The summed E-state index contributed by atoms with van der Waals surface area (Å²) in [4.78, 5) is 20.6. The summed E-state index contributed by atoms with van der Waals surface area (Å²) in [6, 6.07) is 7.87. The van der Waals surface area contributed by atoms with Gasteiger partial charge in [-0.05, 0) is 77.5 Å². The highest BCUT2D eigenvalue weighted by atomic mass is 16.6. The fourth-order valence-electron chi connectivity index (χ4n) is 4.61. The SMILES string of the molecule is CCOC(=O)[C@@H](OC(C)(C)C)c1c(C)nc(C)c(-c2ccc(N)cc2)c1N1CCC(C)(C)CC1. The number of aryl methyl sites for hydroxylation is 2. The van der Waals surface area contributed by atoms with Crippen LogP contribution in [-0.2, 0) is 14.3 Å². The van der Waals surface area contributed by atoms with Crippen molar-refractivity contribution in [2.45, 2.75) is 79.9 Å². The molecule has 0 radical (unpaired) electrons. The van der Waals surface area contributed by atoms with E-state index < -0.39 is 11.7 Å². The molecular formula is C28H41N3O3. The minimum atomic E-state index is -0.870. The third-order valence-electron chi connectivity index (χ3n) is 6.45. The summed E-state index contributed by atoms with van der Waals surface area (Å²) >= 11 is 0. The molecule has 1 aromatic carbocycles. The Balaban J connectivity index is 2.30. The monoisotopic (exact) mass is 467 g/mol. The lowest BCUT2D eigenvalue weighted by Crippen LogP contribution is -2.39. The number of pyridine rings is 1. The van der Waals surface area contributed by atoms with Crippen molar-refractivity contribution < 1.29 is 14.3 Å². The maximum atomic E-state index is 13.3. The van der Waals surface area contributed by atoms with Crippen LogP contribution in [0.2, 0.25) is 0 Å². The van der Waals surface area contributed by atoms with E-state index >= 15 is 0 Å². The van der Waals surface area contributed by atoms with Gasteiger partial charge in [0.15, 0.2) is 6.10 Å². The molecule has 6 nitrogen and oxygen atoms in total. The summed E-state index contributed by atoms with van der Waals surface area (Å²) in [5.41, 5.74) is 12.0. The third-order valence-corrected chi connectivity index (χ3v) is 6.45. The van der Waals surface area contributed by atoms with Crippen molar-refractivity contribution in [1.82, 2.24) is 4.98 Å². The maximum absolute atomic E-state index is 13.3. The van der Waals surface area contributed by atoms with Crippen LogP contribution in [-0.4, -0.2) is 36.3 Å². The molecule has 34 heavy (non-hydrogen) atoms.